The van der Waals surface area contributed by atoms with E-state index in [1.54, 1.807) is 0 Å². The zero-order valence-corrected chi connectivity index (χ0v) is 12.1. The Kier molecular flexibility index (Phi) is 4.32. The van der Waals surface area contributed by atoms with Gasteiger partial charge in [0.15, 0.2) is 0 Å². The molecule has 2 N–H and O–H groups in total. The van der Waals surface area contributed by atoms with Crippen molar-refractivity contribution in [1.29, 1.82) is 0 Å². The van der Waals surface area contributed by atoms with Crippen LogP contribution in [0.2, 0.25) is 0 Å². The molecule has 1 saturated heterocycles. The first-order valence-electron chi connectivity index (χ1n) is 7.46. The molecule has 0 aromatic carbocycles. The molecule has 2 fully saturated rings. The minimum atomic E-state index is 0.643. The van der Waals surface area contributed by atoms with E-state index in [0.29, 0.717) is 11.9 Å². The van der Waals surface area contributed by atoms with Gasteiger partial charge in [-0.3, -0.25) is 4.90 Å². The Morgan fingerprint density at radius 2 is 2.10 bits per heavy atom. The average Bonchev–Trinajstić information content (AvgIpc) is 3.33. The first-order chi connectivity index (χ1) is 9.85. The van der Waals surface area contributed by atoms with Crippen LogP contribution in [0.15, 0.2) is 6.07 Å². The SMILES string of the molecule is CNc1nc(NCCN2CCOCC2)cc(C2CC2)n1. The standard InChI is InChI=1S/C14H23N5O/c1-15-14-17-12(11-2-3-11)10-13(18-14)16-4-5-19-6-8-20-9-7-19/h10-11H,2-9H2,1H3,(H2,15,16,17,18). The number of rotatable bonds is 6. The Bertz CT molecular complexity index is 443. The van der Waals surface area contributed by atoms with Crippen molar-refractivity contribution >= 4 is 11.8 Å². The van der Waals surface area contributed by atoms with Gasteiger partial charge in [0.1, 0.15) is 5.82 Å². The summed E-state index contributed by atoms with van der Waals surface area (Å²) < 4.78 is 5.35. The molecule has 1 aliphatic heterocycles. The molecule has 2 aliphatic rings. The van der Waals surface area contributed by atoms with E-state index in [2.05, 4.69) is 31.6 Å². The van der Waals surface area contributed by atoms with Crippen LogP contribution >= 0.6 is 0 Å². The molecule has 1 saturated carbocycles. The van der Waals surface area contributed by atoms with Crippen LogP contribution in [0.1, 0.15) is 24.5 Å². The summed E-state index contributed by atoms with van der Waals surface area (Å²) >= 11 is 0. The molecule has 1 aromatic rings. The van der Waals surface area contributed by atoms with Crippen molar-refractivity contribution in [2.75, 3.05) is 57.1 Å². The van der Waals surface area contributed by atoms with Gasteiger partial charge in [-0.1, -0.05) is 0 Å². The minimum Gasteiger partial charge on any atom is -0.379 e. The van der Waals surface area contributed by atoms with E-state index in [0.717, 1.165) is 45.2 Å². The van der Waals surface area contributed by atoms with Gasteiger partial charge in [-0.2, -0.15) is 4.98 Å². The zero-order chi connectivity index (χ0) is 13.8. The number of aromatic nitrogens is 2. The lowest BCUT2D eigenvalue weighted by Gasteiger charge is -2.26. The van der Waals surface area contributed by atoms with Crippen LogP contribution in [0.25, 0.3) is 0 Å². The normalized spacial score (nSPS) is 19.9. The van der Waals surface area contributed by atoms with Crippen molar-refractivity contribution in [2.24, 2.45) is 0 Å². The number of nitrogens with zero attached hydrogens (tertiary/aromatic N) is 3. The van der Waals surface area contributed by atoms with Gasteiger partial charge < -0.3 is 15.4 Å². The number of hydrogen-bond acceptors (Lipinski definition) is 6. The van der Waals surface area contributed by atoms with Crippen LogP contribution < -0.4 is 10.6 Å². The molecular formula is C14H23N5O. The van der Waals surface area contributed by atoms with E-state index in [-0.39, 0.29) is 0 Å². The summed E-state index contributed by atoms with van der Waals surface area (Å²) in [5.41, 5.74) is 1.17. The molecule has 0 bridgehead atoms. The highest BCUT2D eigenvalue weighted by atomic mass is 16.5. The largest absolute Gasteiger partial charge is 0.379 e. The van der Waals surface area contributed by atoms with Crippen LogP contribution in [-0.4, -0.2) is 61.3 Å². The molecule has 0 radical (unpaired) electrons. The second-order valence-electron chi connectivity index (χ2n) is 5.41. The molecule has 0 amide bonds. The van der Waals surface area contributed by atoms with Crippen LogP contribution in [-0.2, 0) is 4.74 Å². The second kappa shape index (κ2) is 6.37. The van der Waals surface area contributed by atoms with Gasteiger partial charge in [0.2, 0.25) is 5.95 Å². The molecule has 6 heteroatoms. The van der Waals surface area contributed by atoms with Crippen molar-refractivity contribution in [3.05, 3.63) is 11.8 Å². The number of ether oxygens (including phenoxy) is 1. The smallest absolute Gasteiger partial charge is 0.224 e. The summed E-state index contributed by atoms with van der Waals surface area (Å²) in [6.45, 7) is 5.69. The van der Waals surface area contributed by atoms with Crippen molar-refractivity contribution in [3.63, 3.8) is 0 Å². The van der Waals surface area contributed by atoms with Gasteiger partial charge in [-0.05, 0) is 12.8 Å². The summed E-state index contributed by atoms with van der Waals surface area (Å²) in [6, 6.07) is 2.10. The second-order valence-corrected chi connectivity index (χ2v) is 5.41. The number of nitrogens with one attached hydrogen (secondary N) is 2. The third kappa shape index (κ3) is 3.58. The summed E-state index contributed by atoms with van der Waals surface area (Å²) in [5.74, 6) is 2.28. The number of hydrogen-bond donors (Lipinski definition) is 2. The van der Waals surface area contributed by atoms with E-state index in [1.807, 2.05) is 7.05 Å². The summed E-state index contributed by atoms with van der Waals surface area (Å²) in [4.78, 5) is 11.4. The topological polar surface area (TPSA) is 62.3 Å². The maximum atomic E-state index is 5.35. The van der Waals surface area contributed by atoms with Gasteiger partial charge in [-0.25, -0.2) is 4.98 Å². The Morgan fingerprint density at radius 1 is 1.30 bits per heavy atom. The van der Waals surface area contributed by atoms with Crippen molar-refractivity contribution < 1.29 is 4.74 Å². The Morgan fingerprint density at radius 3 is 2.80 bits per heavy atom. The van der Waals surface area contributed by atoms with Gasteiger partial charge in [-0.15, -0.1) is 0 Å². The van der Waals surface area contributed by atoms with Gasteiger partial charge in [0, 0.05) is 45.2 Å². The first-order valence-corrected chi connectivity index (χ1v) is 7.46. The molecule has 110 valence electrons. The van der Waals surface area contributed by atoms with E-state index < -0.39 is 0 Å². The Hall–Kier alpha value is -1.40. The monoisotopic (exact) mass is 277 g/mol. The Balaban J connectivity index is 1.54. The van der Waals surface area contributed by atoms with E-state index in [4.69, 9.17) is 4.74 Å². The van der Waals surface area contributed by atoms with Crippen LogP contribution in [0, 0.1) is 0 Å². The van der Waals surface area contributed by atoms with Crippen molar-refractivity contribution in [3.8, 4) is 0 Å². The summed E-state index contributed by atoms with van der Waals surface area (Å²) in [7, 11) is 1.86. The highest BCUT2D eigenvalue weighted by molar-refractivity contribution is 5.43. The van der Waals surface area contributed by atoms with Crippen LogP contribution in [0.5, 0.6) is 0 Å². The molecular weight excluding hydrogens is 254 g/mol. The third-order valence-electron chi connectivity index (χ3n) is 3.80. The molecule has 6 nitrogen and oxygen atoms in total. The van der Waals surface area contributed by atoms with Crippen molar-refractivity contribution in [1.82, 2.24) is 14.9 Å². The van der Waals surface area contributed by atoms with Gasteiger partial charge >= 0.3 is 0 Å². The predicted molar refractivity (Wildman–Crippen MR) is 79.3 cm³/mol. The molecule has 0 unspecified atom stereocenters. The third-order valence-corrected chi connectivity index (χ3v) is 3.80. The molecule has 1 aliphatic carbocycles. The minimum absolute atomic E-state index is 0.643. The zero-order valence-electron chi connectivity index (χ0n) is 12.1. The highest BCUT2D eigenvalue weighted by Crippen LogP contribution is 2.39. The quantitative estimate of drug-likeness (QED) is 0.813. The Labute approximate surface area is 119 Å². The van der Waals surface area contributed by atoms with Crippen molar-refractivity contribution in [2.45, 2.75) is 18.8 Å². The fraction of sp³-hybridized carbons (Fsp3) is 0.714. The molecule has 0 atom stereocenters. The van der Waals surface area contributed by atoms with Gasteiger partial charge in [0.05, 0.1) is 18.9 Å². The van der Waals surface area contributed by atoms with Crippen LogP contribution in [0.4, 0.5) is 11.8 Å². The molecule has 3 rings (SSSR count). The predicted octanol–water partition coefficient (Wildman–Crippen LogP) is 1.14. The maximum absolute atomic E-state index is 5.35. The van der Waals surface area contributed by atoms with E-state index in [9.17, 15) is 0 Å². The van der Waals surface area contributed by atoms with E-state index >= 15 is 0 Å². The highest BCUT2D eigenvalue weighted by Gasteiger charge is 2.26. The molecule has 20 heavy (non-hydrogen) atoms. The van der Waals surface area contributed by atoms with Crippen LogP contribution in [0.3, 0.4) is 0 Å². The molecule has 0 spiro atoms. The lowest BCUT2D eigenvalue weighted by atomic mass is 10.3. The average molecular weight is 277 g/mol. The van der Waals surface area contributed by atoms with E-state index in [1.165, 1.54) is 18.5 Å². The lowest BCUT2D eigenvalue weighted by molar-refractivity contribution is 0.0398. The fourth-order valence-electron chi connectivity index (χ4n) is 2.42. The number of morpholine rings is 1. The molecule has 2 heterocycles. The fourth-order valence-corrected chi connectivity index (χ4v) is 2.42. The number of anilines is 2. The maximum Gasteiger partial charge on any atom is 0.224 e. The summed E-state index contributed by atoms with van der Waals surface area (Å²) in [5, 5.41) is 6.46. The summed E-state index contributed by atoms with van der Waals surface area (Å²) in [6.07, 6.45) is 2.51. The van der Waals surface area contributed by atoms with Gasteiger partial charge in [0.25, 0.3) is 0 Å². The first kappa shape index (κ1) is 13.6. The lowest BCUT2D eigenvalue weighted by Crippen LogP contribution is -2.39. The molecule has 1 aromatic heterocycles.